The first-order valence-corrected chi connectivity index (χ1v) is 9.49. The van der Waals surface area contributed by atoms with Gasteiger partial charge < -0.3 is 19.9 Å². The Labute approximate surface area is 152 Å². The number of para-hydroxylation sites is 1. The SMILES string of the molecule is O=C(NCCC(=O)N1CCOC2CCCCC21)c1c[nH]c2ccccc12. The summed E-state index contributed by atoms with van der Waals surface area (Å²) < 4.78 is 5.83. The zero-order valence-electron chi connectivity index (χ0n) is 14.9. The smallest absolute Gasteiger partial charge is 0.253 e. The largest absolute Gasteiger partial charge is 0.374 e. The Morgan fingerprint density at radius 3 is 3.00 bits per heavy atom. The van der Waals surface area contributed by atoms with Crippen molar-refractivity contribution in [2.24, 2.45) is 0 Å². The lowest BCUT2D eigenvalue weighted by Gasteiger charge is -2.43. The van der Waals surface area contributed by atoms with Gasteiger partial charge in [0.05, 0.1) is 24.3 Å². The van der Waals surface area contributed by atoms with Crippen LogP contribution in [-0.4, -0.2) is 53.5 Å². The number of carbonyl (C=O) groups is 2. The van der Waals surface area contributed by atoms with E-state index in [1.807, 2.05) is 29.2 Å². The first-order valence-electron chi connectivity index (χ1n) is 9.49. The predicted molar refractivity (Wildman–Crippen MR) is 99.0 cm³/mol. The van der Waals surface area contributed by atoms with Crippen molar-refractivity contribution >= 4 is 22.7 Å². The van der Waals surface area contributed by atoms with Gasteiger partial charge in [-0.15, -0.1) is 0 Å². The van der Waals surface area contributed by atoms with E-state index in [2.05, 4.69) is 10.3 Å². The van der Waals surface area contributed by atoms with Crippen LogP contribution in [0.25, 0.3) is 10.9 Å². The minimum Gasteiger partial charge on any atom is -0.374 e. The third kappa shape index (κ3) is 3.33. The third-order valence-corrected chi connectivity index (χ3v) is 5.51. The van der Waals surface area contributed by atoms with Crippen molar-refractivity contribution in [1.29, 1.82) is 0 Å². The molecule has 1 aliphatic heterocycles. The van der Waals surface area contributed by atoms with Crippen LogP contribution in [0, 0.1) is 0 Å². The fourth-order valence-corrected chi connectivity index (χ4v) is 4.19. The van der Waals surface area contributed by atoms with E-state index in [9.17, 15) is 9.59 Å². The molecule has 2 aromatic rings. The Bertz CT molecular complexity index is 798. The number of hydrogen-bond acceptors (Lipinski definition) is 3. The molecule has 1 saturated carbocycles. The second-order valence-corrected chi connectivity index (χ2v) is 7.10. The number of morpholine rings is 1. The van der Waals surface area contributed by atoms with Crippen LogP contribution in [-0.2, 0) is 9.53 Å². The molecule has 2 amide bonds. The summed E-state index contributed by atoms with van der Waals surface area (Å²) >= 11 is 0. The molecule has 1 aromatic heterocycles. The first-order chi connectivity index (χ1) is 12.7. The molecule has 2 unspecified atom stereocenters. The number of H-pyrrole nitrogens is 1. The van der Waals surface area contributed by atoms with E-state index < -0.39 is 0 Å². The zero-order chi connectivity index (χ0) is 17.9. The van der Waals surface area contributed by atoms with Gasteiger partial charge in [0.15, 0.2) is 0 Å². The number of ether oxygens (including phenoxy) is 1. The number of nitrogens with zero attached hydrogens (tertiary/aromatic N) is 1. The van der Waals surface area contributed by atoms with Gasteiger partial charge >= 0.3 is 0 Å². The van der Waals surface area contributed by atoms with Gasteiger partial charge in [-0.3, -0.25) is 9.59 Å². The molecule has 1 aliphatic carbocycles. The predicted octanol–water partition coefficient (Wildman–Crippen LogP) is 2.46. The highest BCUT2D eigenvalue weighted by Gasteiger charge is 2.36. The van der Waals surface area contributed by atoms with Gasteiger partial charge in [0, 0.05) is 36.6 Å². The van der Waals surface area contributed by atoms with Crippen molar-refractivity contribution in [3.63, 3.8) is 0 Å². The number of hydrogen-bond donors (Lipinski definition) is 2. The second kappa shape index (κ2) is 7.50. The number of fused-ring (bicyclic) bond motifs is 2. The van der Waals surface area contributed by atoms with Gasteiger partial charge in [-0.2, -0.15) is 0 Å². The molecule has 1 saturated heterocycles. The highest BCUT2D eigenvalue weighted by Crippen LogP contribution is 2.28. The molecule has 2 N–H and O–H groups in total. The van der Waals surface area contributed by atoms with Crippen LogP contribution in [0.2, 0.25) is 0 Å². The molecule has 2 aliphatic rings. The summed E-state index contributed by atoms with van der Waals surface area (Å²) in [5.74, 6) is -0.0304. The van der Waals surface area contributed by atoms with Gasteiger partial charge in [0.1, 0.15) is 0 Å². The molecule has 0 spiro atoms. The molecule has 2 heterocycles. The number of nitrogens with one attached hydrogen (secondary N) is 2. The van der Waals surface area contributed by atoms with Gasteiger partial charge in [-0.25, -0.2) is 0 Å². The van der Waals surface area contributed by atoms with Crippen LogP contribution in [0.3, 0.4) is 0 Å². The minimum absolute atomic E-state index is 0.115. The monoisotopic (exact) mass is 355 g/mol. The van der Waals surface area contributed by atoms with Crippen LogP contribution in [0.5, 0.6) is 0 Å². The summed E-state index contributed by atoms with van der Waals surface area (Å²) in [5, 5.41) is 3.78. The van der Waals surface area contributed by atoms with E-state index >= 15 is 0 Å². The molecule has 2 fully saturated rings. The average Bonchev–Trinajstić information content (AvgIpc) is 3.11. The van der Waals surface area contributed by atoms with Crippen molar-refractivity contribution in [3.05, 3.63) is 36.0 Å². The second-order valence-electron chi connectivity index (χ2n) is 7.10. The van der Waals surface area contributed by atoms with Gasteiger partial charge in [-0.05, 0) is 18.9 Å². The number of carbonyl (C=O) groups excluding carboxylic acids is 2. The van der Waals surface area contributed by atoms with E-state index in [0.29, 0.717) is 31.7 Å². The fraction of sp³-hybridized carbons (Fsp3) is 0.500. The maximum absolute atomic E-state index is 12.6. The molecule has 0 radical (unpaired) electrons. The van der Waals surface area contributed by atoms with Crippen LogP contribution in [0.1, 0.15) is 42.5 Å². The summed E-state index contributed by atoms with van der Waals surface area (Å²) in [6.45, 7) is 1.64. The van der Waals surface area contributed by atoms with E-state index in [1.165, 1.54) is 6.42 Å². The normalized spacial score (nSPS) is 22.8. The van der Waals surface area contributed by atoms with Crippen LogP contribution < -0.4 is 5.32 Å². The van der Waals surface area contributed by atoms with Crippen LogP contribution in [0.15, 0.2) is 30.5 Å². The maximum atomic E-state index is 12.6. The molecule has 26 heavy (non-hydrogen) atoms. The maximum Gasteiger partial charge on any atom is 0.253 e. The lowest BCUT2D eigenvalue weighted by Crippen LogP contribution is -2.55. The Morgan fingerprint density at radius 2 is 2.08 bits per heavy atom. The Hall–Kier alpha value is -2.34. The Balaban J connectivity index is 1.32. The lowest BCUT2D eigenvalue weighted by molar-refractivity contribution is -0.149. The summed E-state index contributed by atoms with van der Waals surface area (Å²) in [4.78, 5) is 30.2. The van der Waals surface area contributed by atoms with Crippen LogP contribution in [0.4, 0.5) is 0 Å². The highest BCUT2D eigenvalue weighted by atomic mass is 16.5. The van der Waals surface area contributed by atoms with Crippen molar-refractivity contribution in [2.75, 3.05) is 19.7 Å². The quantitative estimate of drug-likeness (QED) is 0.885. The molecule has 2 atom stereocenters. The number of benzene rings is 1. The van der Waals surface area contributed by atoms with Crippen molar-refractivity contribution in [2.45, 2.75) is 44.2 Å². The van der Waals surface area contributed by atoms with Crippen LogP contribution >= 0.6 is 0 Å². The molecule has 1 aromatic carbocycles. The molecule has 4 rings (SSSR count). The number of rotatable bonds is 4. The van der Waals surface area contributed by atoms with Gasteiger partial charge in [-0.1, -0.05) is 31.0 Å². The van der Waals surface area contributed by atoms with Gasteiger partial charge in [0.25, 0.3) is 5.91 Å². The Kier molecular flexibility index (Phi) is 4.93. The zero-order valence-corrected chi connectivity index (χ0v) is 14.9. The summed E-state index contributed by atoms with van der Waals surface area (Å²) in [5.41, 5.74) is 1.55. The summed E-state index contributed by atoms with van der Waals surface area (Å²) in [6, 6.07) is 7.92. The molecule has 0 bridgehead atoms. The number of aromatic nitrogens is 1. The summed E-state index contributed by atoms with van der Waals surface area (Å²) in [6.07, 6.45) is 6.66. The number of aromatic amines is 1. The molecule has 138 valence electrons. The van der Waals surface area contributed by atoms with Crippen molar-refractivity contribution < 1.29 is 14.3 Å². The lowest BCUT2D eigenvalue weighted by atomic mass is 9.90. The van der Waals surface area contributed by atoms with E-state index in [-0.39, 0.29) is 24.0 Å². The van der Waals surface area contributed by atoms with Gasteiger partial charge in [0.2, 0.25) is 5.91 Å². The summed E-state index contributed by atoms with van der Waals surface area (Å²) in [7, 11) is 0. The van der Waals surface area contributed by atoms with Crippen molar-refractivity contribution in [1.82, 2.24) is 15.2 Å². The fourth-order valence-electron chi connectivity index (χ4n) is 4.19. The average molecular weight is 355 g/mol. The minimum atomic E-state index is -0.146. The molecular weight excluding hydrogens is 330 g/mol. The molecule has 6 nitrogen and oxygen atoms in total. The van der Waals surface area contributed by atoms with Crippen molar-refractivity contribution in [3.8, 4) is 0 Å². The topological polar surface area (TPSA) is 74.4 Å². The van der Waals surface area contributed by atoms with E-state index in [0.717, 1.165) is 30.2 Å². The Morgan fingerprint density at radius 1 is 1.23 bits per heavy atom. The van der Waals surface area contributed by atoms with E-state index in [1.54, 1.807) is 6.20 Å². The molecular formula is C20H25N3O3. The first kappa shape index (κ1) is 17.1. The number of amides is 2. The highest BCUT2D eigenvalue weighted by molar-refractivity contribution is 6.06. The third-order valence-electron chi connectivity index (χ3n) is 5.51. The van der Waals surface area contributed by atoms with E-state index in [4.69, 9.17) is 4.74 Å². The standard InChI is InChI=1S/C20H25N3O3/c24-19(23-11-12-26-18-8-4-3-7-17(18)23)9-10-21-20(25)15-13-22-16-6-2-1-5-14(15)16/h1-2,5-6,13,17-18,22H,3-4,7-12H2,(H,21,25). The molecule has 6 heteroatoms.